The van der Waals surface area contributed by atoms with Crippen molar-refractivity contribution in [2.24, 2.45) is 11.5 Å². The minimum absolute atomic E-state index is 0. The van der Waals surface area contributed by atoms with Crippen molar-refractivity contribution in [2.45, 2.75) is 31.9 Å². The molecule has 0 fully saturated rings. The highest BCUT2D eigenvalue weighted by Gasteiger charge is 2.02. The lowest BCUT2D eigenvalue weighted by molar-refractivity contribution is 0.139. The molecule has 0 saturated carbocycles. The number of halogens is 1. The number of benzene rings is 1. The van der Waals surface area contributed by atoms with Gasteiger partial charge in [0, 0.05) is 19.1 Å². The van der Waals surface area contributed by atoms with E-state index in [1.807, 2.05) is 30.3 Å². The normalized spacial score (nSPS) is 11.3. The van der Waals surface area contributed by atoms with Gasteiger partial charge >= 0.3 is 6.09 Å². The van der Waals surface area contributed by atoms with Crippen LogP contribution in [0.3, 0.4) is 0 Å². The van der Waals surface area contributed by atoms with E-state index in [9.17, 15) is 4.79 Å². The van der Waals surface area contributed by atoms with Crippen molar-refractivity contribution in [2.75, 3.05) is 13.1 Å². The molecule has 0 unspecified atom stereocenters. The Bertz CT molecular complexity index is 363. The third-order valence-corrected chi connectivity index (χ3v) is 2.79. The largest absolute Gasteiger partial charge is 0.445 e. The maximum atomic E-state index is 11.4. The zero-order valence-corrected chi connectivity index (χ0v) is 12.4. The van der Waals surface area contributed by atoms with Crippen LogP contribution >= 0.6 is 12.4 Å². The smallest absolute Gasteiger partial charge is 0.407 e. The molecule has 1 atom stereocenters. The third kappa shape index (κ3) is 8.74. The molecule has 0 saturated heterocycles. The molecule has 0 aromatic heterocycles. The van der Waals surface area contributed by atoms with Crippen LogP contribution in [0.25, 0.3) is 0 Å². The molecule has 1 rings (SSSR count). The number of nitrogens with two attached hydrogens (primary N) is 2. The number of carbonyl (C=O) groups excluding carboxylic acids is 1. The summed E-state index contributed by atoms with van der Waals surface area (Å²) in [6.45, 7) is 1.40. The van der Waals surface area contributed by atoms with E-state index in [-0.39, 0.29) is 24.5 Å². The van der Waals surface area contributed by atoms with Gasteiger partial charge in [-0.05, 0) is 18.4 Å². The predicted octanol–water partition coefficient (Wildman–Crippen LogP) is 1.79. The fourth-order valence-corrected chi connectivity index (χ4v) is 1.61. The van der Waals surface area contributed by atoms with E-state index in [2.05, 4.69) is 5.32 Å². The quantitative estimate of drug-likeness (QED) is 0.639. The summed E-state index contributed by atoms with van der Waals surface area (Å²) in [5.74, 6) is 0. The van der Waals surface area contributed by atoms with Crippen LogP contribution < -0.4 is 16.8 Å². The Morgan fingerprint density at radius 2 is 1.95 bits per heavy atom. The van der Waals surface area contributed by atoms with E-state index in [0.717, 1.165) is 24.8 Å². The molecule has 5 N–H and O–H groups in total. The second-order valence-corrected chi connectivity index (χ2v) is 4.48. The highest BCUT2D eigenvalue weighted by molar-refractivity contribution is 5.85. The van der Waals surface area contributed by atoms with Crippen molar-refractivity contribution >= 4 is 18.5 Å². The fraction of sp³-hybridized carbons (Fsp3) is 0.500. The van der Waals surface area contributed by atoms with Gasteiger partial charge in [0.05, 0.1) is 0 Å². The molecule has 0 spiro atoms. The fourth-order valence-electron chi connectivity index (χ4n) is 1.61. The number of alkyl carbamates (subject to hydrolysis) is 1. The first kappa shape index (κ1) is 18.7. The molecular weight excluding hydrogens is 278 g/mol. The topological polar surface area (TPSA) is 90.4 Å². The van der Waals surface area contributed by atoms with E-state index in [1.165, 1.54) is 0 Å². The molecule has 20 heavy (non-hydrogen) atoms. The lowest BCUT2D eigenvalue weighted by atomic mass is 10.1. The van der Waals surface area contributed by atoms with Gasteiger partial charge in [0.25, 0.3) is 0 Å². The zero-order valence-electron chi connectivity index (χ0n) is 11.6. The number of nitrogens with one attached hydrogen (secondary N) is 1. The van der Waals surface area contributed by atoms with Gasteiger partial charge in [0.15, 0.2) is 0 Å². The van der Waals surface area contributed by atoms with Gasteiger partial charge < -0.3 is 21.5 Å². The van der Waals surface area contributed by atoms with Gasteiger partial charge in [-0.2, -0.15) is 0 Å². The number of ether oxygens (including phenoxy) is 1. The molecular formula is C14H24ClN3O2. The van der Waals surface area contributed by atoms with Crippen molar-refractivity contribution in [3.05, 3.63) is 35.9 Å². The van der Waals surface area contributed by atoms with Gasteiger partial charge in [0.1, 0.15) is 6.61 Å². The molecule has 114 valence electrons. The van der Waals surface area contributed by atoms with Crippen molar-refractivity contribution < 1.29 is 9.53 Å². The van der Waals surface area contributed by atoms with Crippen LogP contribution in [0.4, 0.5) is 4.79 Å². The summed E-state index contributed by atoms with van der Waals surface area (Å²) in [6.07, 6.45) is 2.34. The Balaban J connectivity index is 0.00000361. The zero-order chi connectivity index (χ0) is 13.9. The molecule has 6 heteroatoms. The second kappa shape index (κ2) is 11.5. The van der Waals surface area contributed by atoms with Crippen molar-refractivity contribution in [3.63, 3.8) is 0 Å². The molecule has 1 amide bonds. The lowest BCUT2D eigenvalue weighted by Crippen LogP contribution is -2.30. The van der Waals surface area contributed by atoms with Crippen LogP contribution in [-0.2, 0) is 11.3 Å². The van der Waals surface area contributed by atoms with E-state index in [4.69, 9.17) is 16.2 Å². The lowest BCUT2D eigenvalue weighted by Gasteiger charge is -2.09. The average Bonchev–Trinajstić information content (AvgIpc) is 2.45. The summed E-state index contributed by atoms with van der Waals surface area (Å²) in [6, 6.07) is 9.65. The number of rotatable bonds is 8. The van der Waals surface area contributed by atoms with E-state index < -0.39 is 0 Å². The maximum Gasteiger partial charge on any atom is 0.407 e. The maximum absolute atomic E-state index is 11.4. The van der Waals surface area contributed by atoms with Gasteiger partial charge in [-0.3, -0.25) is 0 Å². The van der Waals surface area contributed by atoms with Crippen LogP contribution in [-0.4, -0.2) is 25.2 Å². The van der Waals surface area contributed by atoms with Crippen LogP contribution in [0.5, 0.6) is 0 Å². The van der Waals surface area contributed by atoms with E-state index in [0.29, 0.717) is 19.7 Å². The molecule has 0 heterocycles. The van der Waals surface area contributed by atoms with Crippen molar-refractivity contribution in [3.8, 4) is 0 Å². The SMILES string of the molecule is Cl.NC[C@@H](N)CCCCNC(=O)OCc1ccccc1. The second-order valence-electron chi connectivity index (χ2n) is 4.48. The molecule has 0 radical (unpaired) electrons. The van der Waals surface area contributed by atoms with Crippen LogP contribution in [0.1, 0.15) is 24.8 Å². The first-order valence-electron chi connectivity index (χ1n) is 6.62. The Kier molecular flexibility index (Phi) is 10.8. The Morgan fingerprint density at radius 1 is 1.25 bits per heavy atom. The minimum atomic E-state index is -0.382. The number of hydrogen-bond donors (Lipinski definition) is 3. The molecule has 0 aliphatic carbocycles. The Morgan fingerprint density at radius 3 is 2.60 bits per heavy atom. The summed E-state index contributed by atoms with van der Waals surface area (Å²) in [5.41, 5.74) is 12.1. The van der Waals surface area contributed by atoms with Crippen LogP contribution in [0.2, 0.25) is 0 Å². The minimum Gasteiger partial charge on any atom is -0.445 e. The van der Waals surface area contributed by atoms with Gasteiger partial charge in [-0.1, -0.05) is 36.8 Å². The molecule has 1 aromatic rings. The van der Waals surface area contributed by atoms with Gasteiger partial charge in [-0.15, -0.1) is 12.4 Å². The highest BCUT2D eigenvalue weighted by atomic mass is 35.5. The average molecular weight is 302 g/mol. The summed E-state index contributed by atoms with van der Waals surface area (Å²) in [5, 5.41) is 2.71. The van der Waals surface area contributed by atoms with E-state index in [1.54, 1.807) is 0 Å². The number of carbonyl (C=O) groups is 1. The summed E-state index contributed by atoms with van der Waals surface area (Å²) in [7, 11) is 0. The third-order valence-electron chi connectivity index (χ3n) is 2.79. The standard InChI is InChI=1S/C14H23N3O2.ClH/c15-10-13(16)8-4-5-9-17-14(18)19-11-12-6-2-1-3-7-12;/h1-3,6-7,13H,4-5,8-11,15-16H2,(H,17,18);1H/t13-;/m0./s1. The summed E-state index contributed by atoms with van der Waals surface area (Å²) in [4.78, 5) is 11.4. The van der Waals surface area contributed by atoms with Gasteiger partial charge in [0.2, 0.25) is 0 Å². The summed E-state index contributed by atoms with van der Waals surface area (Å²) >= 11 is 0. The molecule has 0 aliphatic heterocycles. The molecule has 0 bridgehead atoms. The Hall–Kier alpha value is -1.30. The van der Waals surface area contributed by atoms with E-state index >= 15 is 0 Å². The number of hydrogen-bond acceptors (Lipinski definition) is 4. The molecule has 5 nitrogen and oxygen atoms in total. The first-order valence-corrected chi connectivity index (χ1v) is 6.62. The van der Waals surface area contributed by atoms with Crippen molar-refractivity contribution in [1.29, 1.82) is 0 Å². The monoisotopic (exact) mass is 301 g/mol. The predicted molar refractivity (Wildman–Crippen MR) is 82.8 cm³/mol. The summed E-state index contributed by atoms with van der Waals surface area (Å²) < 4.78 is 5.08. The van der Waals surface area contributed by atoms with Gasteiger partial charge in [-0.25, -0.2) is 4.79 Å². The van der Waals surface area contributed by atoms with Crippen LogP contribution in [0.15, 0.2) is 30.3 Å². The molecule has 0 aliphatic rings. The molecule has 1 aromatic carbocycles. The highest BCUT2D eigenvalue weighted by Crippen LogP contribution is 2.01. The Labute approximate surface area is 126 Å². The number of amides is 1. The van der Waals surface area contributed by atoms with Crippen LogP contribution in [0, 0.1) is 0 Å². The van der Waals surface area contributed by atoms with Crippen molar-refractivity contribution in [1.82, 2.24) is 5.32 Å². The first-order chi connectivity index (χ1) is 9.22. The number of unbranched alkanes of at least 4 members (excludes halogenated alkanes) is 1.